The van der Waals surface area contributed by atoms with Crippen LogP contribution in [-0.4, -0.2) is 43.3 Å². The van der Waals surface area contributed by atoms with Crippen LogP contribution in [0, 0.1) is 0 Å². The molecule has 0 saturated heterocycles. The number of rotatable bonds is 10. The van der Waals surface area contributed by atoms with Crippen molar-refractivity contribution in [3.63, 3.8) is 0 Å². The first-order valence-electron chi connectivity index (χ1n) is 13.6. The minimum Gasteiger partial charge on any atom is -0.350 e. The van der Waals surface area contributed by atoms with Crippen LogP contribution in [0.3, 0.4) is 0 Å². The van der Waals surface area contributed by atoms with Crippen molar-refractivity contribution in [2.75, 3.05) is 26.0 Å². The molecule has 228 valence electrons. The Bertz CT molecular complexity index is 1630. The van der Waals surface area contributed by atoms with Crippen LogP contribution in [-0.2, 0) is 22.3 Å². The van der Waals surface area contributed by atoms with Crippen LogP contribution in [0.15, 0.2) is 97.1 Å². The summed E-state index contributed by atoms with van der Waals surface area (Å²) >= 11 is 6.47. The molecule has 0 aromatic heterocycles. The zero-order valence-corrected chi connectivity index (χ0v) is 24.7. The lowest BCUT2D eigenvalue weighted by atomic mass is 9.98. The van der Waals surface area contributed by atoms with Gasteiger partial charge in [-0.2, -0.15) is 13.2 Å². The van der Waals surface area contributed by atoms with Gasteiger partial charge in [0.25, 0.3) is 5.91 Å². The van der Waals surface area contributed by atoms with Crippen molar-refractivity contribution in [1.82, 2.24) is 15.5 Å². The quantitative estimate of drug-likeness (QED) is 0.193. The van der Waals surface area contributed by atoms with Crippen LogP contribution in [0.5, 0.6) is 0 Å². The van der Waals surface area contributed by atoms with E-state index < -0.39 is 29.6 Å². The molecule has 3 amide bonds. The lowest BCUT2D eigenvalue weighted by Crippen LogP contribution is -2.43. The van der Waals surface area contributed by atoms with E-state index in [4.69, 9.17) is 11.6 Å². The van der Waals surface area contributed by atoms with Crippen molar-refractivity contribution in [2.45, 2.75) is 18.8 Å². The van der Waals surface area contributed by atoms with E-state index in [9.17, 15) is 27.6 Å². The molecule has 0 aliphatic carbocycles. The zero-order chi connectivity index (χ0) is 31.9. The molecule has 4 aromatic carbocycles. The number of likely N-dealkylation sites (N-methyl/N-ethyl adjacent to an activating group) is 1. The molecule has 4 rings (SSSR count). The minimum absolute atomic E-state index is 0.108. The van der Waals surface area contributed by atoms with Gasteiger partial charge in [0.2, 0.25) is 11.8 Å². The van der Waals surface area contributed by atoms with Gasteiger partial charge in [-0.05, 0) is 66.7 Å². The summed E-state index contributed by atoms with van der Waals surface area (Å²) in [5.74, 6) is -1.21. The summed E-state index contributed by atoms with van der Waals surface area (Å²) in [7, 11) is 3.51. The molecular formula is C33H30ClF3N4O3. The van der Waals surface area contributed by atoms with Gasteiger partial charge in [0, 0.05) is 12.1 Å². The fraction of sp³-hybridized carbons (Fsp3) is 0.182. The molecule has 0 radical (unpaired) electrons. The number of carbonyl (C=O) groups excluding carboxylic acids is 3. The number of amides is 3. The van der Waals surface area contributed by atoms with Crippen LogP contribution in [0.25, 0.3) is 11.1 Å². The third kappa shape index (κ3) is 8.46. The number of anilines is 1. The number of alkyl halides is 3. The van der Waals surface area contributed by atoms with Crippen LogP contribution in [0.4, 0.5) is 18.9 Å². The smallest absolute Gasteiger partial charge is 0.350 e. The Morgan fingerprint density at radius 3 is 2.16 bits per heavy atom. The van der Waals surface area contributed by atoms with Gasteiger partial charge in [-0.3, -0.25) is 14.4 Å². The van der Waals surface area contributed by atoms with Gasteiger partial charge in [-0.15, -0.1) is 0 Å². The summed E-state index contributed by atoms with van der Waals surface area (Å²) in [6, 6.07) is 24.0. The second-order valence-corrected chi connectivity index (χ2v) is 10.7. The maximum absolute atomic E-state index is 13.2. The molecule has 0 bridgehead atoms. The molecule has 0 heterocycles. The summed E-state index contributed by atoms with van der Waals surface area (Å²) in [5.41, 5.74) is 1.97. The molecule has 0 saturated carbocycles. The Balaban J connectivity index is 1.44. The van der Waals surface area contributed by atoms with E-state index in [0.717, 1.165) is 12.1 Å². The lowest BCUT2D eigenvalue weighted by molar-refractivity contribution is -0.137. The maximum Gasteiger partial charge on any atom is 0.416 e. The van der Waals surface area contributed by atoms with Crippen molar-refractivity contribution < 1.29 is 27.6 Å². The van der Waals surface area contributed by atoms with E-state index in [1.54, 1.807) is 85.7 Å². The zero-order valence-electron chi connectivity index (χ0n) is 23.9. The van der Waals surface area contributed by atoms with E-state index in [1.165, 1.54) is 12.1 Å². The molecular weight excluding hydrogens is 593 g/mol. The molecule has 0 aliphatic rings. The third-order valence-corrected chi connectivity index (χ3v) is 6.92. The van der Waals surface area contributed by atoms with Gasteiger partial charge in [0.1, 0.15) is 6.04 Å². The van der Waals surface area contributed by atoms with E-state index in [0.29, 0.717) is 27.9 Å². The Morgan fingerprint density at radius 2 is 1.52 bits per heavy atom. The highest BCUT2D eigenvalue weighted by Crippen LogP contribution is 2.32. The number of hydrogen-bond acceptors (Lipinski definition) is 4. The van der Waals surface area contributed by atoms with Crippen LogP contribution >= 0.6 is 11.6 Å². The molecule has 3 N–H and O–H groups in total. The van der Waals surface area contributed by atoms with Gasteiger partial charge in [0.15, 0.2) is 0 Å². The Kier molecular flexibility index (Phi) is 10.4. The molecule has 0 unspecified atom stereocenters. The summed E-state index contributed by atoms with van der Waals surface area (Å²) < 4.78 is 39.0. The molecule has 0 aliphatic heterocycles. The van der Waals surface area contributed by atoms with Gasteiger partial charge in [-0.25, -0.2) is 0 Å². The SMILES string of the molecule is CN(C)CC(=O)N[C@H](C(=O)NCc1ccc(NC(=O)c2ccccc2-c2ccc(C(F)(F)F)cc2)c(Cl)c1)c1ccccc1. The molecule has 7 nitrogen and oxygen atoms in total. The van der Waals surface area contributed by atoms with Crippen molar-refractivity contribution in [1.29, 1.82) is 0 Å². The average Bonchev–Trinajstić information content (AvgIpc) is 2.99. The first-order chi connectivity index (χ1) is 20.9. The van der Waals surface area contributed by atoms with Crippen LogP contribution < -0.4 is 16.0 Å². The van der Waals surface area contributed by atoms with Gasteiger partial charge < -0.3 is 20.9 Å². The fourth-order valence-corrected chi connectivity index (χ4v) is 4.71. The molecule has 11 heteroatoms. The third-order valence-electron chi connectivity index (χ3n) is 6.60. The predicted octanol–water partition coefficient (Wildman–Crippen LogP) is 6.31. The summed E-state index contributed by atoms with van der Waals surface area (Å²) in [6.07, 6.45) is -4.47. The normalized spacial score (nSPS) is 12.0. The molecule has 1 atom stereocenters. The number of hydrogen-bond donors (Lipinski definition) is 3. The van der Waals surface area contributed by atoms with Gasteiger partial charge >= 0.3 is 6.18 Å². The van der Waals surface area contributed by atoms with E-state index in [-0.39, 0.29) is 29.6 Å². The average molecular weight is 623 g/mol. The topological polar surface area (TPSA) is 90.5 Å². The first kappa shape index (κ1) is 32.2. The number of nitrogens with one attached hydrogen (secondary N) is 3. The molecule has 0 spiro atoms. The lowest BCUT2D eigenvalue weighted by Gasteiger charge is -2.20. The highest BCUT2D eigenvalue weighted by Gasteiger charge is 2.30. The fourth-order valence-electron chi connectivity index (χ4n) is 4.46. The number of benzene rings is 4. The standard InChI is InChI=1S/C33H30ClF3N4O3/c1-41(2)20-29(42)40-30(23-8-4-3-5-9-23)32(44)38-19-21-12-17-28(27(34)18-21)39-31(43)26-11-7-6-10-25(26)22-13-15-24(16-14-22)33(35,36)37/h3-18,30H,19-20H2,1-2H3,(H,38,44)(H,39,43)(H,40,42)/t30-/m0/s1. The van der Waals surface area contributed by atoms with Crippen LogP contribution in [0.1, 0.15) is 33.1 Å². The van der Waals surface area contributed by atoms with E-state index >= 15 is 0 Å². The number of halogens is 4. The van der Waals surface area contributed by atoms with Crippen LogP contribution in [0.2, 0.25) is 5.02 Å². The first-order valence-corrected chi connectivity index (χ1v) is 13.9. The highest BCUT2D eigenvalue weighted by atomic mass is 35.5. The number of nitrogens with zero attached hydrogens (tertiary/aromatic N) is 1. The molecule has 0 fully saturated rings. The highest BCUT2D eigenvalue weighted by molar-refractivity contribution is 6.34. The van der Waals surface area contributed by atoms with Crippen molar-refractivity contribution >= 4 is 35.0 Å². The summed E-state index contributed by atoms with van der Waals surface area (Å²) in [4.78, 5) is 40.4. The Hall–Kier alpha value is -4.67. The predicted molar refractivity (Wildman–Crippen MR) is 164 cm³/mol. The van der Waals surface area contributed by atoms with E-state index in [1.807, 2.05) is 6.07 Å². The summed E-state index contributed by atoms with van der Waals surface area (Å²) in [6.45, 7) is 0.227. The Morgan fingerprint density at radius 1 is 0.864 bits per heavy atom. The second-order valence-electron chi connectivity index (χ2n) is 10.3. The minimum atomic E-state index is -4.47. The van der Waals surface area contributed by atoms with E-state index in [2.05, 4.69) is 16.0 Å². The molecule has 4 aromatic rings. The maximum atomic E-state index is 13.2. The summed E-state index contributed by atoms with van der Waals surface area (Å²) in [5, 5.41) is 8.56. The van der Waals surface area contributed by atoms with Gasteiger partial charge in [-0.1, -0.05) is 78.3 Å². The molecule has 44 heavy (non-hydrogen) atoms. The van der Waals surface area contributed by atoms with Crippen molar-refractivity contribution in [3.05, 3.63) is 124 Å². The Labute approximate surface area is 258 Å². The monoisotopic (exact) mass is 622 g/mol. The second kappa shape index (κ2) is 14.2. The number of carbonyl (C=O) groups is 3. The largest absolute Gasteiger partial charge is 0.416 e. The van der Waals surface area contributed by atoms with Crippen molar-refractivity contribution in [3.8, 4) is 11.1 Å². The van der Waals surface area contributed by atoms with Gasteiger partial charge in [0.05, 0.1) is 22.8 Å². The van der Waals surface area contributed by atoms with Crippen molar-refractivity contribution in [2.24, 2.45) is 0 Å².